The predicted octanol–water partition coefficient (Wildman–Crippen LogP) is 5.06. The number of aromatic nitrogens is 1. The third-order valence-electron chi connectivity index (χ3n) is 4.19. The molecular formula is C19H18Cl2N2O2S. The second kappa shape index (κ2) is 7.53. The SMILES string of the molecule is CCN(Cc1cccc(C)c1)S(=O)(=O)c1ccc2c(Cl)cnc(Cl)c2c1. The lowest BCUT2D eigenvalue weighted by molar-refractivity contribution is 0.423. The average Bonchev–Trinajstić information content (AvgIpc) is 2.62. The average molecular weight is 409 g/mol. The summed E-state index contributed by atoms with van der Waals surface area (Å²) in [6.07, 6.45) is 1.45. The lowest BCUT2D eigenvalue weighted by Gasteiger charge is -2.21. The number of aryl methyl sites for hydroxylation is 1. The first-order chi connectivity index (χ1) is 12.3. The Morgan fingerprint density at radius 1 is 1.08 bits per heavy atom. The van der Waals surface area contributed by atoms with Crippen molar-refractivity contribution in [3.05, 3.63) is 70.0 Å². The number of hydrogen-bond donors (Lipinski definition) is 0. The van der Waals surface area contributed by atoms with E-state index in [1.807, 2.05) is 38.1 Å². The maximum absolute atomic E-state index is 13.1. The van der Waals surface area contributed by atoms with Gasteiger partial charge in [-0.3, -0.25) is 0 Å². The molecule has 0 saturated carbocycles. The first-order valence-corrected chi connectivity index (χ1v) is 10.3. The van der Waals surface area contributed by atoms with Crippen molar-refractivity contribution in [3.8, 4) is 0 Å². The summed E-state index contributed by atoms with van der Waals surface area (Å²) in [5.41, 5.74) is 2.04. The van der Waals surface area contributed by atoms with E-state index in [1.165, 1.54) is 16.6 Å². The van der Waals surface area contributed by atoms with Crippen LogP contribution in [0.4, 0.5) is 0 Å². The van der Waals surface area contributed by atoms with E-state index in [1.54, 1.807) is 12.1 Å². The van der Waals surface area contributed by atoms with Crippen molar-refractivity contribution in [2.45, 2.75) is 25.3 Å². The monoisotopic (exact) mass is 408 g/mol. The summed E-state index contributed by atoms with van der Waals surface area (Å²) in [5.74, 6) is 0. The summed E-state index contributed by atoms with van der Waals surface area (Å²) < 4.78 is 27.7. The molecule has 3 rings (SSSR count). The molecule has 0 aliphatic carbocycles. The van der Waals surface area contributed by atoms with Crippen molar-refractivity contribution in [2.24, 2.45) is 0 Å². The number of sulfonamides is 1. The van der Waals surface area contributed by atoms with Gasteiger partial charge in [-0.25, -0.2) is 13.4 Å². The molecule has 0 aliphatic heterocycles. The Hall–Kier alpha value is -1.66. The maximum atomic E-state index is 13.1. The Bertz CT molecular complexity index is 1070. The molecule has 0 spiro atoms. The fourth-order valence-corrected chi connectivity index (χ4v) is 4.73. The van der Waals surface area contributed by atoms with Crippen LogP contribution in [0.2, 0.25) is 10.2 Å². The normalized spacial score (nSPS) is 12.0. The summed E-state index contributed by atoms with van der Waals surface area (Å²) in [6, 6.07) is 12.6. The highest BCUT2D eigenvalue weighted by molar-refractivity contribution is 7.89. The Kier molecular flexibility index (Phi) is 5.53. The van der Waals surface area contributed by atoms with Crippen LogP contribution in [0, 0.1) is 6.92 Å². The second-order valence-electron chi connectivity index (χ2n) is 6.02. The number of hydrogen-bond acceptors (Lipinski definition) is 3. The molecular weight excluding hydrogens is 391 g/mol. The molecule has 2 aromatic carbocycles. The highest BCUT2D eigenvalue weighted by Crippen LogP contribution is 2.31. The van der Waals surface area contributed by atoms with Gasteiger partial charge in [-0.05, 0) is 24.6 Å². The quantitative estimate of drug-likeness (QED) is 0.554. The molecule has 1 aromatic heterocycles. The smallest absolute Gasteiger partial charge is 0.242 e. The van der Waals surface area contributed by atoms with Crippen molar-refractivity contribution < 1.29 is 8.42 Å². The maximum Gasteiger partial charge on any atom is 0.243 e. The summed E-state index contributed by atoms with van der Waals surface area (Å²) in [5, 5.41) is 1.85. The standard InChI is InChI=1S/C19H18Cl2N2O2S/c1-3-23(12-14-6-4-5-13(2)9-14)26(24,25)15-7-8-16-17(10-15)19(21)22-11-18(16)20/h4-11H,3,12H2,1-2H3. The summed E-state index contributed by atoms with van der Waals surface area (Å²) in [4.78, 5) is 4.17. The topological polar surface area (TPSA) is 50.3 Å². The molecule has 26 heavy (non-hydrogen) atoms. The molecule has 136 valence electrons. The van der Waals surface area contributed by atoms with Gasteiger partial charge in [0.1, 0.15) is 5.15 Å². The van der Waals surface area contributed by atoms with E-state index in [0.717, 1.165) is 11.1 Å². The first kappa shape index (κ1) is 19.1. The molecule has 1 heterocycles. The predicted molar refractivity (Wildman–Crippen MR) is 106 cm³/mol. The van der Waals surface area contributed by atoms with Crippen LogP contribution >= 0.6 is 23.2 Å². The van der Waals surface area contributed by atoms with Crippen LogP contribution in [0.25, 0.3) is 10.8 Å². The Morgan fingerprint density at radius 3 is 2.54 bits per heavy atom. The molecule has 0 aliphatic rings. The van der Waals surface area contributed by atoms with E-state index >= 15 is 0 Å². The molecule has 0 fully saturated rings. The third kappa shape index (κ3) is 3.71. The van der Waals surface area contributed by atoms with Crippen LogP contribution in [0.1, 0.15) is 18.1 Å². The van der Waals surface area contributed by atoms with Crippen molar-refractivity contribution in [1.82, 2.24) is 9.29 Å². The summed E-state index contributed by atoms with van der Waals surface area (Å²) in [7, 11) is -3.68. The minimum Gasteiger partial charge on any atom is -0.242 e. The van der Waals surface area contributed by atoms with Crippen LogP contribution in [0.5, 0.6) is 0 Å². The van der Waals surface area contributed by atoms with Gasteiger partial charge in [-0.1, -0.05) is 66.0 Å². The lowest BCUT2D eigenvalue weighted by atomic mass is 10.1. The van der Waals surface area contributed by atoms with E-state index in [-0.39, 0.29) is 10.0 Å². The van der Waals surface area contributed by atoms with Crippen molar-refractivity contribution in [1.29, 1.82) is 0 Å². The highest BCUT2D eigenvalue weighted by Gasteiger charge is 2.24. The molecule has 0 bridgehead atoms. The number of halogens is 2. The van der Waals surface area contributed by atoms with Crippen LogP contribution in [0.15, 0.2) is 53.6 Å². The molecule has 4 nitrogen and oxygen atoms in total. The Morgan fingerprint density at radius 2 is 1.85 bits per heavy atom. The number of nitrogens with zero attached hydrogens (tertiary/aromatic N) is 2. The Labute approximate surface area is 163 Å². The van der Waals surface area contributed by atoms with E-state index in [9.17, 15) is 8.42 Å². The first-order valence-electron chi connectivity index (χ1n) is 8.12. The zero-order valence-corrected chi connectivity index (χ0v) is 16.7. The van der Waals surface area contributed by atoms with E-state index in [0.29, 0.717) is 28.9 Å². The van der Waals surface area contributed by atoms with Crippen LogP contribution in [-0.4, -0.2) is 24.3 Å². The second-order valence-corrected chi connectivity index (χ2v) is 8.73. The molecule has 3 aromatic rings. The van der Waals surface area contributed by atoms with E-state index in [4.69, 9.17) is 23.2 Å². The molecule has 0 atom stereocenters. The van der Waals surface area contributed by atoms with Gasteiger partial charge in [-0.2, -0.15) is 4.31 Å². The van der Waals surface area contributed by atoms with Crippen LogP contribution < -0.4 is 0 Å². The number of fused-ring (bicyclic) bond motifs is 1. The van der Waals surface area contributed by atoms with E-state index in [2.05, 4.69) is 4.98 Å². The zero-order valence-electron chi connectivity index (χ0n) is 14.4. The van der Waals surface area contributed by atoms with E-state index < -0.39 is 10.0 Å². The number of benzene rings is 2. The Balaban J connectivity index is 2.02. The number of rotatable bonds is 5. The van der Waals surface area contributed by atoms with Gasteiger partial charge in [0.15, 0.2) is 0 Å². The van der Waals surface area contributed by atoms with Gasteiger partial charge in [0.2, 0.25) is 10.0 Å². The minimum atomic E-state index is -3.68. The molecule has 0 N–H and O–H groups in total. The van der Waals surface area contributed by atoms with Gasteiger partial charge in [0.25, 0.3) is 0 Å². The zero-order chi connectivity index (χ0) is 18.9. The molecule has 0 saturated heterocycles. The van der Waals surface area contributed by atoms with Gasteiger partial charge in [-0.15, -0.1) is 0 Å². The largest absolute Gasteiger partial charge is 0.243 e. The third-order valence-corrected chi connectivity index (χ3v) is 6.71. The van der Waals surface area contributed by atoms with Gasteiger partial charge < -0.3 is 0 Å². The molecule has 0 amide bonds. The van der Waals surface area contributed by atoms with Crippen molar-refractivity contribution >= 4 is 44.0 Å². The molecule has 0 radical (unpaired) electrons. The number of pyridine rings is 1. The highest BCUT2D eigenvalue weighted by atomic mass is 35.5. The summed E-state index contributed by atoms with van der Waals surface area (Å²) >= 11 is 12.3. The van der Waals surface area contributed by atoms with Crippen LogP contribution in [-0.2, 0) is 16.6 Å². The van der Waals surface area contributed by atoms with Crippen molar-refractivity contribution in [2.75, 3.05) is 6.54 Å². The fourth-order valence-electron chi connectivity index (χ4n) is 2.85. The molecule has 7 heteroatoms. The lowest BCUT2D eigenvalue weighted by Crippen LogP contribution is -2.30. The van der Waals surface area contributed by atoms with Crippen LogP contribution in [0.3, 0.4) is 0 Å². The van der Waals surface area contributed by atoms with Gasteiger partial charge in [0, 0.05) is 30.1 Å². The van der Waals surface area contributed by atoms with Gasteiger partial charge >= 0.3 is 0 Å². The minimum absolute atomic E-state index is 0.172. The molecule has 0 unspecified atom stereocenters. The van der Waals surface area contributed by atoms with Crippen molar-refractivity contribution in [3.63, 3.8) is 0 Å². The van der Waals surface area contributed by atoms with Gasteiger partial charge in [0.05, 0.1) is 9.92 Å². The fraction of sp³-hybridized carbons (Fsp3) is 0.211. The summed E-state index contributed by atoms with van der Waals surface area (Å²) in [6.45, 7) is 4.46.